The first-order valence-electron chi connectivity index (χ1n) is 7.02. The van der Waals surface area contributed by atoms with Crippen molar-refractivity contribution in [2.24, 2.45) is 0 Å². The molecule has 20 heavy (non-hydrogen) atoms. The van der Waals surface area contributed by atoms with Crippen LogP contribution in [-0.2, 0) is 9.59 Å². The van der Waals surface area contributed by atoms with Crippen molar-refractivity contribution in [3.8, 4) is 0 Å². The number of likely N-dealkylation sites (N-methyl/N-ethyl adjacent to an activating group) is 1. The number of carbonyl (C=O) groups is 2. The van der Waals surface area contributed by atoms with E-state index in [2.05, 4.69) is 17.6 Å². The summed E-state index contributed by atoms with van der Waals surface area (Å²) >= 11 is 0. The fraction of sp³-hybridized carbons (Fsp3) is 0.467. The molecule has 1 fully saturated rings. The number of hydrogen-bond donors (Lipinski definition) is 2. The molecule has 5 heteroatoms. The highest BCUT2D eigenvalue weighted by Gasteiger charge is 2.29. The highest BCUT2D eigenvalue weighted by atomic mass is 16.2. The highest BCUT2D eigenvalue weighted by molar-refractivity contribution is 6.01. The molecule has 1 heterocycles. The van der Waals surface area contributed by atoms with Gasteiger partial charge in [-0.1, -0.05) is 13.0 Å². The van der Waals surface area contributed by atoms with Crippen LogP contribution in [0.25, 0.3) is 0 Å². The lowest BCUT2D eigenvalue weighted by molar-refractivity contribution is -0.134. The van der Waals surface area contributed by atoms with Gasteiger partial charge in [0.15, 0.2) is 0 Å². The Morgan fingerprint density at radius 2 is 2.20 bits per heavy atom. The average Bonchev–Trinajstić information content (AvgIpc) is 2.45. The molecule has 0 aromatic heterocycles. The Morgan fingerprint density at radius 3 is 2.90 bits per heavy atom. The maximum absolute atomic E-state index is 11.9. The lowest BCUT2D eigenvalue weighted by atomic mass is 10.0. The van der Waals surface area contributed by atoms with Gasteiger partial charge in [-0.25, -0.2) is 0 Å². The zero-order valence-corrected chi connectivity index (χ0v) is 12.0. The SMILES string of the molecule is CCCNc1cccc(N(C)C2CCC(=O)NC2=O)c1. The average molecular weight is 275 g/mol. The summed E-state index contributed by atoms with van der Waals surface area (Å²) in [5.41, 5.74) is 2.02. The van der Waals surface area contributed by atoms with E-state index in [-0.39, 0.29) is 17.9 Å². The Morgan fingerprint density at radius 1 is 1.40 bits per heavy atom. The van der Waals surface area contributed by atoms with Crippen LogP contribution in [-0.4, -0.2) is 31.4 Å². The number of carbonyl (C=O) groups excluding carboxylic acids is 2. The van der Waals surface area contributed by atoms with E-state index in [4.69, 9.17) is 0 Å². The Bertz CT molecular complexity index is 502. The molecule has 1 saturated heterocycles. The summed E-state index contributed by atoms with van der Waals surface area (Å²) < 4.78 is 0. The summed E-state index contributed by atoms with van der Waals surface area (Å²) in [4.78, 5) is 25.0. The number of hydrogen-bond acceptors (Lipinski definition) is 4. The van der Waals surface area contributed by atoms with E-state index in [1.165, 1.54) is 0 Å². The number of rotatable bonds is 5. The minimum absolute atomic E-state index is 0.182. The molecule has 0 aliphatic carbocycles. The number of piperidine rings is 1. The number of nitrogens with zero attached hydrogens (tertiary/aromatic N) is 1. The monoisotopic (exact) mass is 275 g/mol. The molecular weight excluding hydrogens is 254 g/mol. The maximum atomic E-state index is 11.9. The van der Waals surface area contributed by atoms with Crippen molar-refractivity contribution in [1.82, 2.24) is 5.32 Å². The molecule has 2 amide bonds. The van der Waals surface area contributed by atoms with Crippen LogP contribution in [0, 0.1) is 0 Å². The molecule has 1 unspecified atom stereocenters. The molecule has 0 bridgehead atoms. The predicted molar refractivity (Wildman–Crippen MR) is 79.8 cm³/mol. The van der Waals surface area contributed by atoms with Gasteiger partial charge in [-0.3, -0.25) is 14.9 Å². The van der Waals surface area contributed by atoms with Crippen LogP contribution < -0.4 is 15.5 Å². The number of anilines is 2. The standard InChI is InChI=1S/C15H21N3O2/c1-3-9-16-11-5-4-6-12(10-11)18(2)13-7-8-14(19)17-15(13)20/h4-6,10,13,16H,3,7-9H2,1-2H3,(H,17,19,20). The Balaban J connectivity index is 2.10. The van der Waals surface area contributed by atoms with E-state index in [9.17, 15) is 9.59 Å². The third-order valence-electron chi connectivity index (χ3n) is 3.51. The van der Waals surface area contributed by atoms with E-state index < -0.39 is 0 Å². The van der Waals surface area contributed by atoms with E-state index in [1.807, 2.05) is 36.2 Å². The summed E-state index contributed by atoms with van der Waals surface area (Å²) in [6, 6.07) is 7.70. The minimum atomic E-state index is -0.283. The second-order valence-electron chi connectivity index (χ2n) is 5.05. The van der Waals surface area contributed by atoms with Crippen LogP contribution in [0.4, 0.5) is 11.4 Å². The first-order valence-corrected chi connectivity index (χ1v) is 7.02. The summed E-state index contributed by atoms with van der Waals surface area (Å²) in [6.07, 6.45) is 2.02. The molecule has 5 nitrogen and oxygen atoms in total. The third kappa shape index (κ3) is 3.29. The smallest absolute Gasteiger partial charge is 0.249 e. The van der Waals surface area contributed by atoms with Crippen molar-refractivity contribution >= 4 is 23.2 Å². The molecule has 1 aliphatic rings. The number of nitrogens with one attached hydrogen (secondary N) is 2. The van der Waals surface area contributed by atoms with Gasteiger partial charge in [0.2, 0.25) is 11.8 Å². The van der Waals surface area contributed by atoms with Gasteiger partial charge in [0.1, 0.15) is 6.04 Å². The zero-order valence-electron chi connectivity index (χ0n) is 12.0. The van der Waals surface area contributed by atoms with Gasteiger partial charge < -0.3 is 10.2 Å². The zero-order chi connectivity index (χ0) is 14.5. The van der Waals surface area contributed by atoms with Gasteiger partial charge in [0.25, 0.3) is 0 Å². The van der Waals surface area contributed by atoms with Gasteiger partial charge in [0.05, 0.1) is 0 Å². The fourth-order valence-corrected chi connectivity index (χ4v) is 2.34. The molecule has 2 N–H and O–H groups in total. The van der Waals surface area contributed by atoms with Crippen LogP contribution >= 0.6 is 0 Å². The largest absolute Gasteiger partial charge is 0.385 e. The van der Waals surface area contributed by atoms with Crippen molar-refractivity contribution in [2.75, 3.05) is 23.8 Å². The Hall–Kier alpha value is -2.04. The summed E-state index contributed by atoms with van der Waals surface area (Å²) in [6.45, 7) is 3.04. The highest BCUT2D eigenvalue weighted by Crippen LogP contribution is 2.23. The van der Waals surface area contributed by atoms with Gasteiger partial charge in [0, 0.05) is 31.4 Å². The van der Waals surface area contributed by atoms with Crippen molar-refractivity contribution < 1.29 is 9.59 Å². The van der Waals surface area contributed by atoms with Gasteiger partial charge in [-0.15, -0.1) is 0 Å². The fourth-order valence-electron chi connectivity index (χ4n) is 2.34. The van der Waals surface area contributed by atoms with E-state index in [1.54, 1.807) is 0 Å². The quantitative estimate of drug-likeness (QED) is 0.804. The minimum Gasteiger partial charge on any atom is -0.385 e. The summed E-state index contributed by atoms with van der Waals surface area (Å²) in [7, 11) is 1.89. The van der Waals surface area contributed by atoms with Crippen molar-refractivity contribution in [1.29, 1.82) is 0 Å². The molecule has 0 saturated carbocycles. The van der Waals surface area contributed by atoms with E-state index >= 15 is 0 Å². The van der Waals surface area contributed by atoms with Crippen LogP contribution in [0.2, 0.25) is 0 Å². The molecule has 108 valence electrons. The molecule has 2 rings (SSSR count). The summed E-state index contributed by atoms with van der Waals surface area (Å²) in [5.74, 6) is -0.395. The lowest BCUT2D eigenvalue weighted by Crippen LogP contribution is -2.51. The first kappa shape index (κ1) is 14.4. The van der Waals surface area contributed by atoms with Crippen LogP contribution in [0.1, 0.15) is 26.2 Å². The third-order valence-corrected chi connectivity index (χ3v) is 3.51. The molecule has 1 atom stereocenters. The predicted octanol–water partition coefficient (Wildman–Crippen LogP) is 1.75. The van der Waals surface area contributed by atoms with E-state index in [0.29, 0.717) is 12.8 Å². The number of benzene rings is 1. The summed E-state index contributed by atoms with van der Waals surface area (Å²) in [5, 5.41) is 5.72. The van der Waals surface area contributed by atoms with E-state index in [0.717, 1.165) is 24.3 Å². The molecule has 0 spiro atoms. The van der Waals surface area contributed by atoms with Gasteiger partial charge in [-0.05, 0) is 31.0 Å². The topological polar surface area (TPSA) is 61.4 Å². The Kier molecular flexibility index (Phi) is 4.61. The molecular formula is C15H21N3O2. The van der Waals surface area contributed by atoms with Crippen LogP contribution in [0.5, 0.6) is 0 Å². The second kappa shape index (κ2) is 6.41. The lowest BCUT2D eigenvalue weighted by Gasteiger charge is -2.31. The van der Waals surface area contributed by atoms with Gasteiger partial charge in [-0.2, -0.15) is 0 Å². The van der Waals surface area contributed by atoms with Crippen molar-refractivity contribution in [3.05, 3.63) is 24.3 Å². The molecule has 1 aromatic carbocycles. The molecule has 1 aliphatic heterocycles. The Labute approximate surface area is 119 Å². The van der Waals surface area contributed by atoms with Crippen molar-refractivity contribution in [3.63, 3.8) is 0 Å². The number of amides is 2. The first-order chi connectivity index (χ1) is 9.61. The van der Waals surface area contributed by atoms with Crippen LogP contribution in [0.3, 0.4) is 0 Å². The molecule has 0 radical (unpaired) electrons. The normalized spacial score (nSPS) is 18.6. The maximum Gasteiger partial charge on any atom is 0.249 e. The van der Waals surface area contributed by atoms with Gasteiger partial charge >= 0.3 is 0 Å². The van der Waals surface area contributed by atoms with Crippen LogP contribution in [0.15, 0.2) is 24.3 Å². The second-order valence-corrected chi connectivity index (χ2v) is 5.05. The number of imide groups is 1. The van der Waals surface area contributed by atoms with Crippen molar-refractivity contribution in [2.45, 2.75) is 32.2 Å². The molecule has 1 aromatic rings.